The number of rotatable bonds is 3. The lowest BCUT2D eigenvalue weighted by Gasteiger charge is -2.23. The second kappa shape index (κ2) is 6.63. The van der Waals surface area contributed by atoms with Gasteiger partial charge < -0.3 is 0 Å². The number of fused-ring (bicyclic) bond motifs is 2. The second-order valence-electron chi connectivity index (χ2n) is 7.96. The summed E-state index contributed by atoms with van der Waals surface area (Å²) in [5.74, 6) is 0.858. The number of likely N-dealkylation sites (tertiary alicyclic amines) is 1. The second-order valence-corrected chi connectivity index (χ2v) is 7.96. The quantitative estimate of drug-likeness (QED) is 0.706. The molecule has 0 radical (unpaired) electrons. The van der Waals surface area contributed by atoms with Crippen molar-refractivity contribution in [2.24, 2.45) is 0 Å². The Morgan fingerprint density at radius 1 is 1.00 bits per heavy atom. The Bertz CT molecular complexity index is 1080. The molecule has 0 bridgehead atoms. The van der Waals surface area contributed by atoms with E-state index in [4.69, 9.17) is 0 Å². The van der Waals surface area contributed by atoms with E-state index in [-0.39, 0.29) is 11.0 Å². The maximum absolute atomic E-state index is 13.0. The maximum Gasteiger partial charge on any atom is 0.280 e. The smallest absolute Gasteiger partial charge is 0.280 e. The standard InChI is InChI=1S/C22H23N5O/c1-16-6-5-9-18(23-16)14-26-12-10-22(15-26)11-13-27-20(28)19(24-25-21(22)27)17-7-3-2-4-8-17/h2-9H,10-15H2,1H3/t22-/m0/s1. The van der Waals surface area contributed by atoms with Crippen LogP contribution in [0.1, 0.15) is 30.1 Å². The van der Waals surface area contributed by atoms with Gasteiger partial charge in [-0.1, -0.05) is 36.4 Å². The van der Waals surface area contributed by atoms with Gasteiger partial charge in [-0.05, 0) is 38.4 Å². The summed E-state index contributed by atoms with van der Waals surface area (Å²) in [5.41, 5.74) is 3.33. The summed E-state index contributed by atoms with van der Waals surface area (Å²) >= 11 is 0. The lowest BCUT2D eigenvalue weighted by molar-refractivity contribution is 0.296. The molecule has 2 aromatic heterocycles. The predicted octanol–water partition coefficient (Wildman–Crippen LogP) is 2.56. The first-order valence-corrected chi connectivity index (χ1v) is 9.83. The molecule has 1 atom stereocenters. The van der Waals surface area contributed by atoms with E-state index in [1.807, 2.05) is 47.9 Å². The van der Waals surface area contributed by atoms with E-state index < -0.39 is 0 Å². The van der Waals surface area contributed by atoms with E-state index in [0.29, 0.717) is 5.69 Å². The van der Waals surface area contributed by atoms with Gasteiger partial charge in [0.2, 0.25) is 0 Å². The minimum Gasteiger partial charge on any atom is -0.296 e. The Morgan fingerprint density at radius 3 is 2.64 bits per heavy atom. The highest BCUT2D eigenvalue weighted by Crippen LogP contribution is 2.41. The number of pyridine rings is 1. The average molecular weight is 373 g/mol. The molecule has 2 aliphatic heterocycles. The van der Waals surface area contributed by atoms with Crippen LogP contribution in [0.4, 0.5) is 0 Å². The summed E-state index contributed by atoms with van der Waals surface area (Å²) in [6, 6.07) is 15.8. The van der Waals surface area contributed by atoms with Crippen molar-refractivity contribution in [1.29, 1.82) is 0 Å². The van der Waals surface area contributed by atoms with Crippen molar-refractivity contribution >= 4 is 0 Å². The third-order valence-electron chi connectivity index (χ3n) is 6.05. The van der Waals surface area contributed by atoms with Gasteiger partial charge in [-0.3, -0.25) is 19.2 Å². The molecule has 0 unspecified atom stereocenters. The fourth-order valence-electron chi connectivity index (χ4n) is 4.63. The number of benzene rings is 1. The maximum atomic E-state index is 13.0. The summed E-state index contributed by atoms with van der Waals surface area (Å²) in [7, 11) is 0. The van der Waals surface area contributed by atoms with E-state index in [1.165, 1.54) is 0 Å². The zero-order valence-corrected chi connectivity index (χ0v) is 16.0. The fraction of sp³-hybridized carbons (Fsp3) is 0.364. The van der Waals surface area contributed by atoms with Crippen molar-refractivity contribution in [1.82, 2.24) is 24.6 Å². The molecule has 0 aliphatic carbocycles. The van der Waals surface area contributed by atoms with Gasteiger partial charge in [0.1, 0.15) is 5.82 Å². The number of nitrogens with zero attached hydrogens (tertiary/aromatic N) is 5. The van der Waals surface area contributed by atoms with Crippen LogP contribution >= 0.6 is 0 Å². The highest BCUT2D eigenvalue weighted by molar-refractivity contribution is 5.57. The highest BCUT2D eigenvalue weighted by Gasteiger charge is 2.46. The summed E-state index contributed by atoms with van der Waals surface area (Å²) < 4.78 is 1.85. The van der Waals surface area contributed by atoms with Crippen molar-refractivity contribution in [3.63, 3.8) is 0 Å². The zero-order valence-electron chi connectivity index (χ0n) is 16.0. The van der Waals surface area contributed by atoms with Crippen LogP contribution < -0.4 is 5.56 Å². The molecule has 1 spiro atoms. The van der Waals surface area contributed by atoms with E-state index in [0.717, 1.165) is 61.8 Å². The molecular weight excluding hydrogens is 350 g/mol. The first-order valence-electron chi connectivity index (χ1n) is 9.83. The molecule has 0 amide bonds. The molecule has 1 aromatic carbocycles. The topological polar surface area (TPSA) is 63.9 Å². The molecule has 0 saturated carbocycles. The lowest BCUT2D eigenvalue weighted by atomic mass is 9.85. The molecular formula is C22H23N5O. The minimum atomic E-state index is -0.0643. The average Bonchev–Trinajstić information content (AvgIpc) is 3.28. The van der Waals surface area contributed by atoms with Gasteiger partial charge in [-0.25, -0.2) is 0 Å². The Hall–Kier alpha value is -2.86. The molecule has 6 heteroatoms. The molecule has 4 heterocycles. The summed E-state index contributed by atoms with van der Waals surface area (Å²) in [6.07, 6.45) is 1.96. The number of hydrogen-bond acceptors (Lipinski definition) is 5. The van der Waals surface area contributed by atoms with Crippen LogP contribution in [0.25, 0.3) is 11.3 Å². The van der Waals surface area contributed by atoms with Crippen molar-refractivity contribution in [3.8, 4) is 11.3 Å². The molecule has 1 fully saturated rings. The van der Waals surface area contributed by atoms with Crippen LogP contribution in [0.2, 0.25) is 0 Å². The molecule has 1 saturated heterocycles. The van der Waals surface area contributed by atoms with Crippen LogP contribution in [0, 0.1) is 6.92 Å². The van der Waals surface area contributed by atoms with Crippen LogP contribution in [0.3, 0.4) is 0 Å². The number of hydrogen-bond donors (Lipinski definition) is 0. The van der Waals surface area contributed by atoms with E-state index >= 15 is 0 Å². The molecule has 3 aromatic rings. The van der Waals surface area contributed by atoms with Gasteiger partial charge >= 0.3 is 0 Å². The fourth-order valence-corrected chi connectivity index (χ4v) is 4.63. The van der Waals surface area contributed by atoms with E-state index in [9.17, 15) is 4.79 Å². The van der Waals surface area contributed by atoms with Gasteiger partial charge in [0, 0.05) is 36.3 Å². The van der Waals surface area contributed by atoms with E-state index in [2.05, 4.69) is 32.2 Å². The van der Waals surface area contributed by atoms with Crippen LogP contribution in [0.15, 0.2) is 53.3 Å². The van der Waals surface area contributed by atoms with Gasteiger partial charge in [-0.15, -0.1) is 10.2 Å². The first kappa shape index (κ1) is 17.3. The van der Waals surface area contributed by atoms with Crippen molar-refractivity contribution in [2.75, 3.05) is 13.1 Å². The van der Waals surface area contributed by atoms with Crippen LogP contribution in [0.5, 0.6) is 0 Å². The SMILES string of the molecule is Cc1cccc(CN2CC[C@]3(CCn4c3nnc(-c3ccccc3)c4=O)C2)n1. The molecule has 2 aliphatic rings. The Balaban J connectivity index is 1.42. The minimum absolute atomic E-state index is 0.0214. The third kappa shape index (κ3) is 2.85. The van der Waals surface area contributed by atoms with Crippen LogP contribution in [-0.4, -0.2) is 37.7 Å². The van der Waals surface area contributed by atoms with Crippen molar-refractivity contribution in [2.45, 2.75) is 38.3 Å². The van der Waals surface area contributed by atoms with Crippen LogP contribution in [-0.2, 0) is 18.5 Å². The van der Waals surface area contributed by atoms with Crippen molar-refractivity contribution in [3.05, 3.63) is 76.1 Å². The number of aryl methyl sites for hydroxylation is 1. The van der Waals surface area contributed by atoms with Gasteiger partial charge in [0.05, 0.1) is 5.69 Å². The zero-order chi connectivity index (χ0) is 19.1. The summed E-state index contributed by atoms with van der Waals surface area (Å²) in [6.45, 7) is 5.48. The summed E-state index contributed by atoms with van der Waals surface area (Å²) in [5, 5.41) is 8.90. The Kier molecular flexibility index (Phi) is 4.09. The normalized spacial score (nSPS) is 21.3. The van der Waals surface area contributed by atoms with Crippen molar-refractivity contribution < 1.29 is 0 Å². The van der Waals surface area contributed by atoms with Gasteiger partial charge in [0.25, 0.3) is 5.56 Å². The van der Waals surface area contributed by atoms with Gasteiger partial charge in [0.15, 0.2) is 5.69 Å². The number of aromatic nitrogens is 4. The third-order valence-corrected chi connectivity index (χ3v) is 6.05. The Morgan fingerprint density at radius 2 is 1.82 bits per heavy atom. The monoisotopic (exact) mass is 373 g/mol. The molecule has 28 heavy (non-hydrogen) atoms. The molecule has 5 rings (SSSR count). The first-order chi connectivity index (χ1) is 13.6. The molecule has 0 N–H and O–H groups in total. The summed E-state index contributed by atoms with van der Waals surface area (Å²) in [4.78, 5) is 20.1. The predicted molar refractivity (Wildman–Crippen MR) is 107 cm³/mol. The van der Waals surface area contributed by atoms with E-state index in [1.54, 1.807) is 0 Å². The largest absolute Gasteiger partial charge is 0.296 e. The molecule has 6 nitrogen and oxygen atoms in total. The Labute approximate surface area is 163 Å². The lowest BCUT2D eigenvalue weighted by Crippen LogP contribution is -2.33. The molecule has 142 valence electrons. The van der Waals surface area contributed by atoms with Gasteiger partial charge in [-0.2, -0.15) is 0 Å². The highest BCUT2D eigenvalue weighted by atomic mass is 16.1.